The number of fused-ring (bicyclic) bond motifs is 3. The lowest BCUT2D eigenvalue weighted by atomic mass is 9.73. The number of carbonyl (C=O) groups is 1. The van der Waals surface area contributed by atoms with Crippen molar-refractivity contribution in [1.29, 1.82) is 0 Å². The van der Waals surface area contributed by atoms with Gasteiger partial charge in [-0.1, -0.05) is 0 Å². The third-order valence-corrected chi connectivity index (χ3v) is 10.4. The fourth-order valence-electron chi connectivity index (χ4n) is 7.04. The van der Waals surface area contributed by atoms with E-state index in [1.54, 1.807) is 0 Å². The summed E-state index contributed by atoms with van der Waals surface area (Å²) in [7, 11) is 2.12. The van der Waals surface area contributed by atoms with Crippen LogP contribution in [0.2, 0.25) is 0 Å². The molecule has 0 radical (unpaired) electrons. The summed E-state index contributed by atoms with van der Waals surface area (Å²) in [5.41, 5.74) is 19.8. The minimum Gasteiger partial charge on any atom is -0.459 e. The Hall–Kier alpha value is -2.96. The molecular formula is C28H41N9O2S. The predicted octanol–water partition coefficient (Wildman–Crippen LogP) is 2.03. The lowest BCUT2D eigenvalue weighted by Gasteiger charge is -2.34. The van der Waals surface area contributed by atoms with E-state index in [-0.39, 0.29) is 23.9 Å². The number of carbonyl (C=O) groups excluding carboxylic acids is 1. The van der Waals surface area contributed by atoms with Gasteiger partial charge in [0, 0.05) is 47.7 Å². The molecule has 11 nitrogen and oxygen atoms in total. The molecule has 3 aliphatic heterocycles. The standard InChI is InChI=1S/C28H41N9O2S/c1-15(19-6-5-11-36(19)3)39-27-33-18(12-21(34-27)37-13-16-8-9-17(14-37)32-16)24(30)35-26(38)28(2)10-4-7-20-22(28)23(29)25(31)40-20/h12,15-17,19,32H,4-11,13-14,29,31H2,1-3H3,(H2,30,35,38)/t15-,16?,17?,19-,28-/m0/s1. The normalized spacial score (nSPS) is 29.4. The predicted molar refractivity (Wildman–Crippen MR) is 159 cm³/mol. The highest BCUT2D eigenvalue weighted by molar-refractivity contribution is 7.16. The Morgan fingerprint density at radius 3 is 2.67 bits per heavy atom. The van der Waals surface area contributed by atoms with E-state index in [1.807, 2.05) is 13.0 Å². The number of nitrogens with two attached hydrogens (primary N) is 3. The van der Waals surface area contributed by atoms with Gasteiger partial charge in [-0.25, -0.2) is 0 Å². The lowest BCUT2D eigenvalue weighted by molar-refractivity contribution is -0.123. The van der Waals surface area contributed by atoms with Gasteiger partial charge in [0.05, 0.1) is 11.1 Å². The molecule has 4 aliphatic rings. The Morgan fingerprint density at radius 1 is 1.23 bits per heavy atom. The van der Waals surface area contributed by atoms with Crippen molar-refractivity contribution in [1.82, 2.24) is 20.2 Å². The van der Waals surface area contributed by atoms with Crippen molar-refractivity contribution in [3.8, 4) is 6.01 Å². The molecular weight excluding hydrogens is 526 g/mol. The number of aromatic nitrogens is 2. The summed E-state index contributed by atoms with van der Waals surface area (Å²) in [6.07, 6.45) is 6.79. The van der Waals surface area contributed by atoms with Gasteiger partial charge in [0.25, 0.3) is 5.91 Å². The van der Waals surface area contributed by atoms with Gasteiger partial charge in [0.2, 0.25) is 0 Å². The smallest absolute Gasteiger partial charge is 0.319 e. The van der Waals surface area contributed by atoms with Gasteiger partial charge in [-0.15, -0.1) is 11.3 Å². The molecule has 12 heteroatoms. The number of amidine groups is 1. The molecule has 1 aliphatic carbocycles. The van der Waals surface area contributed by atoms with E-state index in [2.05, 4.69) is 39.1 Å². The number of hydrogen-bond donors (Lipinski definition) is 4. The number of likely N-dealkylation sites (N-methyl/N-ethyl adjacent to an activating group) is 1. The maximum Gasteiger partial charge on any atom is 0.319 e. The summed E-state index contributed by atoms with van der Waals surface area (Å²) >= 11 is 1.46. The number of amides is 1. The average Bonchev–Trinajstić information content (AvgIpc) is 3.60. The van der Waals surface area contributed by atoms with Crippen LogP contribution in [0.5, 0.6) is 6.01 Å². The van der Waals surface area contributed by atoms with E-state index in [1.165, 1.54) is 11.3 Å². The second-order valence-electron chi connectivity index (χ2n) is 12.1. The molecule has 5 heterocycles. The van der Waals surface area contributed by atoms with Crippen molar-refractivity contribution in [2.45, 2.75) is 88.4 Å². The highest BCUT2D eigenvalue weighted by atomic mass is 32.1. The van der Waals surface area contributed by atoms with E-state index in [0.717, 1.165) is 74.4 Å². The van der Waals surface area contributed by atoms with Crippen molar-refractivity contribution in [2.24, 2.45) is 10.7 Å². The van der Waals surface area contributed by atoms with Crippen LogP contribution in [0, 0.1) is 0 Å². The van der Waals surface area contributed by atoms with Gasteiger partial charge in [-0.3, -0.25) is 9.69 Å². The Kier molecular flexibility index (Phi) is 7.12. The highest BCUT2D eigenvalue weighted by Crippen LogP contribution is 2.48. The molecule has 2 aromatic heterocycles. The zero-order valence-electron chi connectivity index (χ0n) is 23.7. The average molecular weight is 568 g/mol. The first kappa shape index (κ1) is 27.2. The molecule has 0 saturated carbocycles. The molecule has 2 unspecified atom stereocenters. The molecule has 6 rings (SSSR count). The maximum absolute atomic E-state index is 13.7. The molecule has 0 spiro atoms. The summed E-state index contributed by atoms with van der Waals surface area (Å²) in [5.74, 6) is 0.466. The van der Waals surface area contributed by atoms with Crippen molar-refractivity contribution in [3.05, 3.63) is 22.2 Å². The van der Waals surface area contributed by atoms with Gasteiger partial charge in [-0.05, 0) is 72.4 Å². The Morgan fingerprint density at radius 2 is 1.98 bits per heavy atom. The third kappa shape index (κ3) is 4.90. The topological polar surface area (TPSA) is 161 Å². The number of thiophene rings is 1. The summed E-state index contributed by atoms with van der Waals surface area (Å²) in [6, 6.07) is 3.26. The SMILES string of the molecule is C[C@H](Oc1nc(C(N)=NC(=O)[C@@]2(C)CCCc3sc(N)c(N)c32)cc(N2CC3CCC(C2)N3)n1)[C@@H]1CCCN1C. The van der Waals surface area contributed by atoms with Gasteiger partial charge >= 0.3 is 6.01 Å². The Bertz CT molecular complexity index is 1320. The van der Waals surface area contributed by atoms with Crippen LogP contribution in [-0.2, 0) is 16.6 Å². The van der Waals surface area contributed by atoms with Crippen LogP contribution >= 0.6 is 11.3 Å². The van der Waals surface area contributed by atoms with Crippen LogP contribution in [0.3, 0.4) is 0 Å². The number of piperazine rings is 1. The highest BCUT2D eigenvalue weighted by Gasteiger charge is 2.43. The molecule has 3 saturated heterocycles. The first-order valence-electron chi connectivity index (χ1n) is 14.5. The van der Waals surface area contributed by atoms with Gasteiger partial charge in [0.15, 0.2) is 5.84 Å². The molecule has 5 atom stereocenters. The summed E-state index contributed by atoms with van der Waals surface area (Å²) in [6.45, 7) is 6.71. The van der Waals surface area contributed by atoms with Crippen molar-refractivity contribution < 1.29 is 9.53 Å². The van der Waals surface area contributed by atoms with Crippen LogP contribution in [0.1, 0.15) is 68.5 Å². The molecule has 2 aromatic rings. The van der Waals surface area contributed by atoms with E-state index in [4.69, 9.17) is 26.9 Å². The second-order valence-corrected chi connectivity index (χ2v) is 13.3. The van der Waals surface area contributed by atoms with Crippen LogP contribution in [0.25, 0.3) is 0 Å². The number of likely N-dealkylation sites (tertiary alicyclic amines) is 1. The van der Waals surface area contributed by atoms with E-state index in [0.29, 0.717) is 40.9 Å². The fraction of sp³-hybridized carbons (Fsp3) is 0.643. The number of ether oxygens (including phenoxy) is 1. The number of aliphatic imine (C=N–C) groups is 1. The number of rotatable bonds is 6. The monoisotopic (exact) mass is 567 g/mol. The van der Waals surface area contributed by atoms with Crippen molar-refractivity contribution in [3.63, 3.8) is 0 Å². The maximum atomic E-state index is 13.7. The molecule has 0 aromatic carbocycles. The number of hydrogen-bond acceptors (Lipinski definition) is 10. The Labute approximate surface area is 239 Å². The number of nitrogens with one attached hydrogen (secondary N) is 1. The first-order valence-corrected chi connectivity index (χ1v) is 15.3. The number of nitrogen functional groups attached to an aromatic ring is 2. The second kappa shape index (κ2) is 10.5. The third-order valence-electron chi connectivity index (χ3n) is 9.28. The number of anilines is 3. The van der Waals surface area contributed by atoms with Crippen LogP contribution in [0.4, 0.5) is 16.5 Å². The molecule has 2 bridgehead atoms. The Balaban J connectivity index is 1.32. The first-order chi connectivity index (χ1) is 19.1. The summed E-state index contributed by atoms with van der Waals surface area (Å²) in [4.78, 5) is 33.3. The molecule has 216 valence electrons. The minimum atomic E-state index is -0.884. The van der Waals surface area contributed by atoms with Gasteiger partial charge in [0.1, 0.15) is 22.6 Å². The van der Waals surface area contributed by atoms with Crippen molar-refractivity contribution in [2.75, 3.05) is 43.0 Å². The molecule has 7 N–H and O–H groups in total. The van der Waals surface area contributed by atoms with E-state index < -0.39 is 5.41 Å². The largest absolute Gasteiger partial charge is 0.459 e. The van der Waals surface area contributed by atoms with Crippen LogP contribution < -0.4 is 32.2 Å². The number of nitrogens with zero attached hydrogens (tertiary/aromatic N) is 5. The molecule has 1 amide bonds. The lowest BCUT2D eigenvalue weighted by Crippen LogP contribution is -2.51. The van der Waals surface area contributed by atoms with Crippen molar-refractivity contribution >= 4 is 39.6 Å². The summed E-state index contributed by atoms with van der Waals surface area (Å²) in [5, 5.41) is 4.22. The van der Waals surface area contributed by atoms with Crippen LogP contribution in [-0.4, -0.2) is 77.5 Å². The number of aryl methyl sites for hydroxylation is 1. The summed E-state index contributed by atoms with van der Waals surface area (Å²) < 4.78 is 6.34. The van der Waals surface area contributed by atoms with Gasteiger partial charge in [-0.2, -0.15) is 15.0 Å². The zero-order chi connectivity index (χ0) is 28.2. The van der Waals surface area contributed by atoms with E-state index in [9.17, 15) is 4.79 Å². The zero-order valence-corrected chi connectivity index (χ0v) is 24.5. The van der Waals surface area contributed by atoms with Crippen LogP contribution in [0.15, 0.2) is 11.1 Å². The van der Waals surface area contributed by atoms with E-state index >= 15 is 0 Å². The molecule has 3 fully saturated rings. The fourth-order valence-corrected chi connectivity index (χ4v) is 8.20. The quantitative estimate of drug-likeness (QED) is 0.300. The minimum absolute atomic E-state index is 0.0531. The van der Waals surface area contributed by atoms with Gasteiger partial charge < -0.3 is 32.2 Å². The molecule has 40 heavy (non-hydrogen) atoms.